The summed E-state index contributed by atoms with van der Waals surface area (Å²) in [6.45, 7) is 0. The van der Waals surface area contributed by atoms with E-state index in [1.807, 2.05) is 22.6 Å². The molecule has 1 aromatic rings. The Morgan fingerprint density at radius 3 is 2.80 bits per heavy atom. The van der Waals surface area contributed by atoms with Crippen molar-refractivity contribution in [1.82, 2.24) is 5.27 Å². The van der Waals surface area contributed by atoms with Crippen molar-refractivity contribution in [2.24, 2.45) is 0 Å². The van der Waals surface area contributed by atoms with E-state index in [9.17, 15) is 4.79 Å². The van der Waals surface area contributed by atoms with E-state index >= 15 is 0 Å². The normalized spacial score (nSPS) is 17.7. The van der Waals surface area contributed by atoms with Crippen LogP contribution in [0.15, 0.2) is 9.32 Å². The van der Waals surface area contributed by atoms with Gasteiger partial charge in [0.1, 0.15) is 0 Å². The second-order valence-corrected chi connectivity index (χ2v) is 3.39. The summed E-state index contributed by atoms with van der Waals surface area (Å²) in [6, 6.07) is 0.485. The van der Waals surface area contributed by atoms with Gasteiger partial charge in [0.05, 0.1) is 0 Å². The number of hydrogen-bond donors (Lipinski definition) is 1. The fourth-order valence-corrected chi connectivity index (χ4v) is 1.44. The maximum Gasteiger partial charge on any atom is 0.440 e. The highest BCUT2D eigenvalue weighted by atomic mass is 127. The van der Waals surface area contributed by atoms with Crippen LogP contribution in [0.1, 0.15) is 18.9 Å². The van der Waals surface area contributed by atoms with Crippen LogP contribution in [-0.2, 0) is 0 Å². The molecule has 1 aliphatic carbocycles. The summed E-state index contributed by atoms with van der Waals surface area (Å²) in [7, 11) is 0. The van der Waals surface area contributed by atoms with Crippen molar-refractivity contribution in [2.45, 2.75) is 18.9 Å². The first-order valence-corrected chi connectivity index (χ1v) is 4.15. The molecule has 1 aliphatic rings. The van der Waals surface area contributed by atoms with Crippen LogP contribution in [0.3, 0.4) is 0 Å². The summed E-state index contributed by atoms with van der Waals surface area (Å²) in [5.41, 5.74) is -0.271. The van der Waals surface area contributed by atoms with Crippen molar-refractivity contribution >= 4 is 22.6 Å². The van der Waals surface area contributed by atoms with Crippen molar-refractivity contribution in [3.63, 3.8) is 0 Å². The van der Waals surface area contributed by atoms with Crippen LogP contribution < -0.4 is 10.3 Å². The van der Waals surface area contributed by atoms with E-state index in [4.69, 9.17) is 0 Å². The maximum absolute atomic E-state index is 10.7. The van der Waals surface area contributed by atoms with E-state index in [0.29, 0.717) is 9.74 Å². The maximum atomic E-state index is 10.7. The number of halogens is 1. The summed E-state index contributed by atoms with van der Waals surface area (Å²) in [4.78, 5) is 10.7. The highest BCUT2D eigenvalue weighted by molar-refractivity contribution is 14.1. The van der Waals surface area contributed by atoms with E-state index in [2.05, 4.69) is 9.79 Å². The molecule has 2 rings (SSSR count). The van der Waals surface area contributed by atoms with E-state index < -0.39 is 0 Å². The molecule has 0 aliphatic heterocycles. The number of nitrogens with one attached hydrogen (secondary N) is 1. The molecule has 1 N–H and O–H groups in total. The van der Waals surface area contributed by atoms with Crippen molar-refractivity contribution < 1.29 is 9.20 Å². The highest BCUT2D eigenvalue weighted by Gasteiger charge is 2.37. The lowest BCUT2D eigenvalue weighted by atomic mass is 10.7. The zero-order valence-electron chi connectivity index (χ0n) is 5.13. The second kappa shape index (κ2) is 2.08. The fraction of sp³-hybridized carbons (Fsp3) is 0.600. The third kappa shape index (κ3) is 0.882. The molecular formula is C5H6IN2O2+. The Balaban J connectivity index is 2.49. The van der Waals surface area contributed by atoms with Crippen molar-refractivity contribution in [3.05, 3.63) is 14.1 Å². The SMILES string of the molecule is O=c1o[nH][n+](C2CC2)c1I. The van der Waals surface area contributed by atoms with Crippen molar-refractivity contribution in [1.29, 1.82) is 0 Å². The number of nitrogens with zero attached hydrogens (tertiary/aromatic N) is 1. The average molecular weight is 253 g/mol. The van der Waals surface area contributed by atoms with Gasteiger partial charge in [-0.1, -0.05) is 4.68 Å². The summed E-state index contributed by atoms with van der Waals surface area (Å²) in [5.74, 6) is 0. The average Bonchev–Trinajstić information content (AvgIpc) is 2.67. The summed E-state index contributed by atoms with van der Waals surface area (Å²) >= 11 is 1.98. The van der Waals surface area contributed by atoms with Gasteiger partial charge in [0.25, 0.3) is 0 Å². The molecule has 0 amide bonds. The lowest BCUT2D eigenvalue weighted by molar-refractivity contribution is -0.776. The minimum absolute atomic E-state index is 0.271. The topological polar surface area (TPSA) is 49.9 Å². The number of aromatic nitrogens is 2. The Labute approximate surface area is 70.3 Å². The summed E-state index contributed by atoms with van der Waals surface area (Å²) < 4.78 is 6.99. The molecule has 0 saturated heterocycles. The summed E-state index contributed by atoms with van der Waals surface area (Å²) in [6.07, 6.45) is 2.30. The quantitative estimate of drug-likeness (QED) is 0.574. The van der Waals surface area contributed by atoms with Crippen LogP contribution in [0, 0.1) is 3.70 Å². The molecule has 10 heavy (non-hydrogen) atoms. The Kier molecular flexibility index (Phi) is 1.33. The zero-order chi connectivity index (χ0) is 7.14. The van der Waals surface area contributed by atoms with Gasteiger partial charge in [0.15, 0.2) is 6.04 Å². The number of aromatic amines is 1. The van der Waals surface area contributed by atoms with Crippen molar-refractivity contribution in [2.75, 3.05) is 0 Å². The Morgan fingerprint density at radius 2 is 2.40 bits per heavy atom. The predicted molar refractivity (Wildman–Crippen MR) is 40.5 cm³/mol. The van der Waals surface area contributed by atoms with Gasteiger partial charge in [0, 0.05) is 35.4 Å². The Morgan fingerprint density at radius 1 is 1.70 bits per heavy atom. The zero-order valence-corrected chi connectivity index (χ0v) is 7.29. The van der Waals surface area contributed by atoms with Crippen LogP contribution in [0.5, 0.6) is 0 Å². The molecule has 1 saturated carbocycles. The lowest BCUT2D eigenvalue weighted by Crippen LogP contribution is -2.38. The fourth-order valence-electron chi connectivity index (χ4n) is 0.839. The van der Waals surface area contributed by atoms with Crippen LogP contribution in [0.4, 0.5) is 0 Å². The van der Waals surface area contributed by atoms with Crippen LogP contribution in [0.2, 0.25) is 0 Å². The molecule has 0 bridgehead atoms. The largest absolute Gasteiger partial charge is 0.440 e. The first-order valence-electron chi connectivity index (χ1n) is 3.07. The van der Waals surface area contributed by atoms with E-state index in [1.54, 1.807) is 4.68 Å². The predicted octanol–water partition coefficient (Wildman–Crippen LogP) is 0.195. The monoisotopic (exact) mass is 253 g/mol. The van der Waals surface area contributed by atoms with E-state index in [0.717, 1.165) is 12.8 Å². The molecule has 5 heteroatoms. The number of hydrogen-bond acceptors (Lipinski definition) is 2. The van der Waals surface area contributed by atoms with Gasteiger partial charge in [-0.2, -0.15) is 0 Å². The van der Waals surface area contributed by atoms with Gasteiger partial charge in [0.2, 0.25) is 0 Å². The van der Waals surface area contributed by atoms with Crippen LogP contribution in [0.25, 0.3) is 0 Å². The van der Waals surface area contributed by atoms with E-state index in [-0.39, 0.29) is 5.63 Å². The van der Waals surface area contributed by atoms with Crippen molar-refractivity contribution in [3.8, 4) is 0 Å². The van der Waals surface area contributed by atoms with Gasteiger partial charge >= 0.3 is 9.33 Å². The minimum Gasteiger partial charge on any atom is -0.282 e. The number of H-pyrrole nitrogens is 1. The molecule has 1 aromatic heterocycles. The third-order valence-electron chi connectivity index (χ3n) is 1.53. The lowest BCUT2D eigenvalue weighted by Gasteiger charge is -1.79. The third-order valence-corrected chi connectivity index (χ3v) is 2.49. The summed E-state index contributed by atoms with van der Waals surface area (Å²) in [5, 5.41) is 2.56. The molecular weight excluding hydrogens is 247 g/mol. The molecule has 4 nitrogen and oxygen atoms in total. The molecule has 1 heterocycles. The highest BCUT2D eigenvalue weighted by Crippen LogP contribution is 2.28. The molecule has 0 spiro atoms. The molecule has 0 radical (unpaired) electrons. The van der Waals surface area contributed by atoms with Gasteiger partial charge in [-0.3, -0.25) is 4.52 Å². The standard InChI is InChI=1S/C5H5IN2O2/c6-4-5(9)10-7-8(4)3-1-2-3/h3H,1-2H2/p+1. The molecule has 54 valence electrons. The molecule has 0 unspecified atom stereocenters. The first-order chi connectivity index (χ1) is 4.79. The Hall–Kier alpha value is -0.330. The van der Waals surface area contributed by atoms with Gasteiger partial charge in [-0.05, 0) is 5.27 Å². The Bertz CT molecular complexity index is 299. The molecule has 0 atom stereocenters. The van der Waals surface area contributed by atoms with Gasteiger partial charge in [-0.15, -0.1) is 0 Å². The van der Waals surface area contributed by atoms with E-state index in [1.165, 1.54) is 0 Å². The molecule has 0 aromatic carbocycles. The van der Waals surface area contributed by atoms with Gasteiger partial charge in [-0.25, -0.2) is 4.79 Å². The van der Waals surface area contributed by atoms with Crippen LogP contribution in [-0.4, -0.2) is 5.27 Å². The van der Waals surface area contributed by atoms with Crippen LogP contribution >= 0.6 is 22.6 Å². The first kappa shape index (κ1) is 6.38. The van der Waals surface area contributed by atoms with Gasteiger partial charge < -0.3 is 0 Å². The second-order valence-electron chi connectivity index (χ2n) is 2.37. The minimum atomic E-state index is -0.271. The number of rotatable bonds is 1. The smallest absolute Gasteiger partial charge is 0.282 e. The molecule has 1 fully saturated rings.